The first-order valence-corrected chi connectivity index (χ1v) is 7.88. The van der Waals surface area contributed by atoms with E-state index < -0.39 is 0 Å². The van der Waals surface area contributed by atoms with Gasteiger partial charge in [-0.25, -0.2) is 10.0 Å². The van der Waals surface area contributed by atoms with Crippen LogP contribution < -0.4 is 0 Å². The normalized spacial score (nSPS) is 24.8. The Morgan fingerprint density at radius 2 is 1.96 bits per heavy atom. The lowest BCUT2D eigenvalue weighted by Crippen LogP contribution is -2.51. The van der Waals surface area contributed by atoms with E-state index in [1.54, 1.807) is 16.4 Å². The van der Waals surface area contributed by atoms with E-state index >= 15 is 0 Å². The molecule has 3 heterocycles. The SMILES string of the molecule is O=C1C2CC(c3ccccc3)=NN2C=NN1CN1CCOCC1. The summed E-state index contributed by atoms with van der Waals surface area (Å²) in [7, 11) is 0. The van der Waals surface area contributed by atoms with Crippen LogP contribution in [0.15, 0.2) is 40.5 Å². The van der Waals surface area contributed by atoms with Gasteiger partial charge in [-0.3, -0.25) is 9.69 Å². The average Bonchev–Trinajstić information content (AvgIpc) is 3.04. The summed E-state index contributed by atoms with van der Waals surface area (Å²) in [5.41, 5.74) is 1.99. The molecule has 1 fully saturated rings. The third-order valence-electron chi connectivity index (χ3n) is 4.34. The smallest absolute Gasteiger partial charge is 0.269 e. The van der Waals surface area contributed by atoms with E-state index in [1.807, 2.05) is 30.3 Å². The quantitative estimate of drug-likeness (QED) is 0.817. The lowest BCUT2D eigenvalue weighted by molar-refractivity contribution is -0.139. The summed E-state index contributed by atoms with van der Waals surface area (Å²) in [6, 6.07) is 9.70. The molecular weight excluding hydrogens is 294 g/mol. The van der Waals surface area contributed by atoms with Crippen molar-refractivity contribution in [1.82, 2.24) is 14.9 Å². The first-order valence-electron chi connectivity index (χ1n) is 7.88. The Hall–Kier alpha value is -2.25. The maximum atomic E-state index is 12.7. The molecule has 1 aromatic rings. The number of benzene rings is 1. The Bertz CT molecular complexity index is 639. The van der Waals surface area contributed by atoms with E-state index in [4.69, 9.17) is 4.74 Å². The van der Waals surface area contributed by atoms with Crippen LogP contribution in [0.2, 0.25) is 0 Å². The van der Waals surface area contributed by atoms with Gasteiger partial charge in [0, 0.05) is 19.5 Å². The number of amides is 1. The van der Waals surface area contributed by atoms with Gasteiger partial charge in [0.1, 0.15) is 12.4 Å². The number of morpholine rings is 1. The van der Waals surface area contributed by atoms with Crippen molar-refractivity contribution < 1.29 is 9.53 Å². The molecule has 23 heavy (non-hydrogen) atoms. The molecule has 1 atom stereocenters. The van der Waals surface area contributed by atoms with E-state index in [9.17, 15) is 4.79 Å². The number of hydrogen-bond donors (Lipinski definition) is 0. The van der Waals surface area contributed by atoms with Gasteiger partial charge >= 0.3 is 0 Å². The van der Waals surface area contributed by atoms with Crippen LogP contribution in [0.25, 0.3) is 0 Å². The number of hydrogen-bond acceptors (Lipinski definition) is 6. The number of carbonyl (C=O) groups excluding carboxylic acids is 1. The molecule has 0 aliphatic carbocycles. The second kappa shape index (κ2) is 6.10. The van der Waals surface area contributed by atoms with Gasteiger partial charge in [-0.2, -0.15) is 10.2 Å². The number of nitrogens with zero attached hydrogens (tertiary/aromatic N) is 5. The van der Waals surface area contributed by atoms with Crippen molar-refractivity contribution >= 4 is 18.0 Å². The molecule has 120 valence electrons. The Morgan fingerprint density at radius 1 is 1.17 bits per heavy atom. The highest BCUT2D eigenvalue weighted by Crippen LogP contribution is 2.23. The maximum Gasteiger partial charge on any atom is 0.269 e. The summed E-state index contributed by atoms with van der Waals surface area (Å²) < 4.78 is 5.34. The van der Waals surface area contributed by atoms with Crippen LogP contribution in [0.4, 0.5) is 0 Å². The van der Waals surface area contributed by atoms with Crippen LogP contribution in [-0.2, 0) is 9.53 Å². The molecule has 3 aliphatic rings. The van der Waals surface area contributed by atoms with Crippen LogP contribution in [0.1, 0.15) is 12.0 Å². The highest BCUT2D eigenvalue weighted by atomic mass is 16.5. The molecule has 1 aromatic carbocycles. The van der Waals surface area contributed by atoms with E-state index in [-0.39, 0.29) is 11.9 Å². The van der Waals surface area contributed by atoms with Gasteiger partial charge in [-0.05, 0) is 5.56 Å². The number of fused-ring (bicyclic) bond motifs is 1. The molecule has 7 heteroatoms. The van der Waals surface area contributed by atoms with E-state index in [2.05, 4.69) is 15.1 Å². The topological polar surface area (TPSA) is 60.7 Å². The van der Waals surface area contributed by atoms with Gasteiger partial charge in [-0.15, -0.1) is 0 Å². The molecular formula is C16H19N5O2. The van der Waals surface area contributed by atoms with Crippen LogP contribution in [0.3, 0.4) is 0 Å². The van der Waals surface area contributed by atoms with Gasteiger partial charge in [0.25, 0.3) is 5.91 Å². The van der Waals surface area contributed by atoms with Crippen molar-refractivity contribution in [3.63, 3.8) is 0 Å². The number of rotatable bonds is 3. The molecule has 7 nitrogen and oxygen atoms in total. The number of carbonyl (C=O) groups is 1. The van der Waals surface area contributed by atoms with Gasteiger partial charge < -0.3 is 4.74 Å². The summed E-state index contributed by atoms with van der Waals surface area (Å²) in [5.74, 6) is 0.00803. The second-order valence-electron chi connectivity index (χ2n) is 5.85. The molecule has 0 aromatic heterocycles. The number of hydrazone groups is 2. The van der Waals surface area contributed by atoms with Gasteiger partial charge in [-0.1, -0.05) is 30.3 Å². The molecule has 4 rings (SSSR count). The van der Waals surface area contributed by atoms with Crippen molar-refractivity contribution in [2.45, 2.75) is 12.5 Å². The lowest BCUT2D eigenvalue weighted by atomic mass is 10.0. The minimum Gasteiger partial charge on any atom is -0.379 e. The third-order valence-corrected chi connectivity index (χ3v) is 4.34. The Balaban J connectivity index is 1.45. The van der Waals surface area contributed by atoms with Crippen molar-refractivity contribution in [3.8, 4) is 0 Å². The van der Waals surface area contributed by atoms with Crippen molar-refractivity contribution in [2.24, 2.45) is 10.2 Å². The molecule has 1 saturated heterocycles. The van der Waals surface area contributed by atoms with Crippen LogP contribution in [0.5, 0.6) is 0 Å². The second-order valence-corrected chi connectivity index (χ2v) is 5.85. The zero-order chi connectivity index (χ0) is 15.6. The minimum atomic E-state index is -0.274. The van der Waals surface area contributed by atoms with Gasteiger partial charge in [0.15, 0.2) is 0 Å². The van der Waals surface area contributed by atoms with E-state index in [0.717, 1.165) is 24.4 Å². The predicted octanol–water partition coefficient (Wildman–Crippen LogP) is 0.540. The van der Waals surface area contributed by atoms with Gasteiger partial charge in [0.2, 0.25) is 0 Å². The van der Waals surface area contributed by atoms with E-state index in [1.165, 1.54) is 0 Å². The molecule has 0 spiro atoms. The molecule has 3 aliphatic heterocycles. The van der Waals surface area contributed by atoms with E-state index in [0.29, 0.717) is 26.3 Å². The average molecular weight is 313 g/mol. The molecule has 0 radical (unpaired) electrons. The molecule has 1 amide bonds. The third kappa shape index (κ3) is 2.85. The Labute approximate surface area is 134 Å². The standard InChI is InChI=1S/C16H19N5O2/c22-16-15-10-14(13-4-2-1-3-5-13)18-20(15)11-17-21(16)12-19-6-8-23-9-7-19/h1-5,11,15H,6-10,12H2. The minimum absolute atomic E-state index is 0.00803. The van der Waals surface area contributed by atoms with Crippen molar-refractivity contribution in [3.05, 3.63) is 35.9 Å². The lowest BCUT2D eigenvalue weighted by Gasteiger charge is -2.34. The molecule has 0 N–H and O–H groups in total. The molecule has 0 saturated carbocycles. The molecule has 1 unspecified atom stereocenters. The predicted molar refractivity (Wildman–Crippen MR) is 85.8 cm³/mol. The zero-order valence-electron chi connectivity index (χ0n) is 12.8. The van der Waals surface area contributed by atoms with Gasteiger partial charge in [0.05, 0.1) is 25.6 Å². The van der Waals surface area contributed by atoms with Crippen LogP contribution in [-0.4, -0.2) is 71.9 Å². The van der Waals surface area contributed by atoms with Crippen LogP contribution >= 0.6 is 0 Å². The highest BCUT2D eigenvalue weighted by Gasteiger charge is 2.38. The summed E-state index contributed by atoms with van der Waals surface area (Å²) in [6.45, 7) is 3.60. The monoisotopic (exact) mass is 313 g/mol. The fraction of sp³-hybridized carbons (Fsp3) is 0.438. The fourth-order valence-corrected chi connectivity index (χ4v) is 3.02. The first-order chi connectivity index (χ1) is 11.3. The molecule has 0 bridgehead atoms. The largest absolute Gasteiger partial charge is 0.379 e. The first kappa shape index (κ1) is 14.3. The highest BCUT2D eigenvalue weighted by molar-refractivity contribution is 6.06. The fourth-order valence-electron chi connectivity index (χ4n) is 3.02. The summed E-state index contributed by atoms with van der Waals surface area (Å²) in [6.07, 6.45) is 2.27. The van der Waals surface area contributed by atoms with Crippen LogP contribution in [0, 0.1) is 0 Å². The summed E-state index contributed by atoms with van der Waals surface area (Å²) >= 11 is 0. The number of ether oxygens (including phenoxy) is 1. The maximum absolute atomic E-state index is 12.7. The summed E-state index contributed by atoms with van der Waals surface area (Å²) in [5, 5.41) is 12.0. The van der Waals surface area contributed by atoms with Crippen molar-refractivity contribution in [1.29, 1.82) is 0 Å². The zero-order valence-corrected chi connectivity index (χ0v) is 12.8. The Morgan fingerprint density at radius 3 is 2.74 bits per heavy atom. The Kier molecular flexibility index (Phi) is 3.80. The van der Waals surface area contributed by atoms with Crippen molar-refractivity contribution in [2.75, 3.05) is 33.0 Å². The summed E-state index contributed by atoms with van der Waals surface area (Å²) in [4.78, 5) is 14.9.